The van der Waals surface area contributed by atoms with E-state index in [0.717, 1.165) is 25.7 Å². The van der Waals surface area contributed by atoms with Gasteiger partial charge in [0.2, 0.25) is 11.9 Å². The number of pyridine rings is 1. The van der Waals surface area contributed by atoms with E-state index in [-0.39, 0.29) is 11.7 Å². The molecule has 0 bridgehead atoms. The summed E-state index contributed by atoms with van der Waals surface area (Å²) >= 11 is 5.51. The van der Waals surface area contributed by atoms with Crippen LogP contribution in [-0.4, -0.2) is 18.2 Å². The number of aromatic nitrogens is 1. The summed E-state index contributed by atoms with van der Waals surface area (Å²) in [6.07, 6.45) is 4.03. The Labute approximate surface area is 142 Å². The van der Waals surface area contributed by atoms with Crippen molar-refractivity contribution in [2.45, 2.75) is 31.8 Å². The summed E-state index contributed by atoms with van der Waals surface area (Å²) in [7, 11) is 1.48. The van der Waals surface area contributed by atoms with Crippen molar-refractivity contribution in [2.75, 3.05) is 7.11 Å². The monoisotopic (exact) mass is 357 g/mol. The first-order valence-electron chi connectivity index (χ1n) is 7.56. The smallest absolute Gasteiger partial charge is 0.237 e. The Balaban J connectivity index is 2.04. The zero-order valence-corrected chi connectivity index (χ0v) is 13.7. The average Bonchev–Trinajstić information content (AvgIpc) is 3.06. The van der Waals surface area contributed by atoms with Crippen molar-refractivity contribution in [1.29, 1.82) is 0 Å². The highest BCUT2D eigenvalue weighted by atomic mass is 35.5. The zero-order chi connectivity index (χ0) is 17.3. The van der Waals surface area contributed by atoms with Gasteiger partial charge in [0, 0.05) is 0 Å². The highest BCUT2D eigenvalue weighted by Gasteiger charge is 2.23. The molecule has 1 fully saturated rings. The molecule has 128 valence electrons. The summed E-state index contributed by atoms with van der Waals surface area (Å²) in [6.45, 7) is 0. The van der Waals surface area contributed by atoms with Gasteiger partial charge in [-0.2, -0.15) is 13.8 Å². The number of methoxy groups -OCH3 is 1. The van der Waals surface area contributed by atoms with E-state index in [1.54, 1.807) is 0 Å². The molecule has 0 amide bonds. The molecule has 0 N–H and O–H groups in total. The molecule has 3 nitrogen and oxygen atoms in total. The van der Waals surface area contributed by atoms with Crippen molar-refractivity contribution in [2.24, 2.45) is 0 Å². The van der Waals surface area contributed by atoms with Crippen LogP contribution in [0.2, 0.25) is 5.02 Å². The van der Waals surface area contributed by atoms with Crippen LogP contribution in [0.5, 0.6) is 11.5 Å². The number of rotatable bonds is 4. The molecule has 0 aliphatic heterocycles. The molecular weight excluding hydrogens is 343 g/mol. The third-order valence-corrected chi connectivity index (χ3v) is 4.37. The summed E-state index contributed by atoms with van der Waals surface area (Å²) in [4.78, 5) is 3.01. The van der Waals surface area contributed by atoms with Crippen molar-refractivity contribution in [3.05, 3.63) is 40.9 Å². The number of nitrogens with zero attached hydrogens (tertiary/aromatic N) is 1. The number of benzene rings is 1. The molecule has 1 aliphatic carbocycles. The van der Waals surface area contributed by atoms with Crippen molar-refractivity contribution in [3.8, 4) is 22.6 Å². The standard InChI is InChI=1S/C17H15ClF3NO2/c1-23-11-7-6-9(8-12(11)24-10-4-2-3-5-10)13-15(19)14(18)17(21)22-16(13)20/h6-8,10H,2-5H2,1H3. The van der Waals surface area contributed by atoms with Gasteiger partial charge >= 0.3 is 0 Å². The number of ether oxygens (including phenoxy) is 2. The Bertz CT molecular complexity index is 764. The van der Waals surface area contributed by atoms with Crippen molar-refractivity contribution in [1.82, 2.24) is 4.98 Å². The van der Waals surface area contributed by atoms with Gasteiger partial charge in [-0.1, -0.05) is 17.7 Å². The molecule has 0 radical (unpaired) electrons. The van der Waals surface area contributed by atoms with Gasteiger partial charge in [0.05, 0.1) is 18.8 Å². The highest BCUT2D eigenvalue weighted by molar-refractivity contribution is 6.31. The molecule has 0 spiro atoms. The number of halogens is 4. The van der Waals surface area contributed by atoms with E-state index in [4.69, 9.17) is 21.1 Å². The van der Waals surface area contributed by atoms with Crippen LogP contribution in [0, 0.1) is 17.7 Å². The van der Waals surface area contributed by atoms with E-state index in [1.165, 1.54) is 25.3 Å². The Hall–Kier alpha value is -1.95. The first-order chi connectivity index (χ1) is 11.5. The first kappa shape index (κ1) is 16.9. The van der Waals surface area contributed by atoms with Crippen molar-refractivity contribution >= 4 is 11.6 Å². The fourth-order valence-electron chi connectivity index (χ4n) is 2.84. The molecule has 7 heteroatoms. The molecule has 3 rings (SSSR count). The molecule has 1 aromatic carbocycles. The summed E-state index contributed by atoms with van der Waals surface area (Å²) in [6, 6.07) is 4.43. The lowest BCUT2D eigenvalue weighted by Gasteiger charge is -2.17. The van der Waals surface area contributed by atoms with Crippen molar-refractivity contribution < 1.29 is 22.6 Å². The topological polar surface area (TPSA) is 31.4 Å². The molecule has 0 atom stereocenters. The summed E-state index contributed by atoms with van der Waals surface area (Å²) in [5.41, 5.74) is -0.353. The Morgan fingerprint density at radius 3 is 2.46 bits per heavy atom. The first-order valence-corrected chi connectivity index (χ1v) is 7.94. The maximum atomic E-state index is 14.2. The van der Waals surface area contributed by atoms with Crippen LogP contribution in [0.4, 0.5) is 13.2 Å². The van der Waals surface area contributed by atoms with Gasteiger partial charge in [-0.15, -0.1) is 0 Å². The van der Waals surface area contributed by atoms with Crippen LogP contribution in [0.25, 0.3) is 11.1 Å². The summed E-state index contributed by atoms with van der Waals surface area (Å²) in [5, 5.41) is -0.847. The average molecular weight is 358 g/mol. The fourth-order valence-corrected chi connectivity index (χ4v) is 2.97. The van der Waals surface area contributed by atoms with E-state index in [9.17, 15) is 13.2 Å². The normalized spacial score (nSPS) is 14.9. The molecule has 1 aromatic heterocycles. The van der Waals surface area contributed by atoms with Crippen LogP contribution < -0.4 is 9.47 Å². The van der Waals surface area contributed by atoms with Crippen molar-refractivity contribution in [3.63, 3.8) is 0 Å². The summed E-state index contributed by atoms with van der Waals surface area (Å²) in [5.74, 6) is -3.02. The maximum absolute atomic E-state index is 14.2. The van der Waals surface area contributed by atoms with Gasteiger partial charge in [-0.25, -0.2) is 4.39 Å². The van der Waals surface area contributed by atoms with E-state index < -0.39 is 28.3 Å². The second-order valence-corrected chi connectivity index (χ2v) is 5.96. The van der Waals surface area contributed by atoms with Gasteiger partial charge in [0.1, 0.15) is 5.02 Å². The molecule has 2 aromatic rings. The third kappa shape index (κ3) is 3.15. The number of hydrogen-bond donors (Lipinski definition) is 0. The molecule has 1 aliphatic rings. The number of hydrogen-bond acceptors (Lipinski definition) is 3. The lowest BCUT2D eigenvalue weighted by molar-refractivity contribution is 0.201. The van der Waals surface area contributed by atoms with E-state index in [0.29, 0.717) is 11.5 Å². The largest absolute Gasteiger partial charge is 0.493 e. The molecule has 1 saturated carbocycles. The minimum absolute atomic E-state index is 0.0405. The van der Waals surface area contributed by atoms with Crippen LogP contribution in [-0.2, 0) is 0 Å². The van der Waals surface area contributed by atoms with Gasteiger partial charge in [0.15, 0.2) is 17.3 Å². The quantitative estimate of drug-likeness (QED) is 0.709. The molecule has 0 saturated heterocycles. The second kappa shape index (κ2) is 6.89. The zero-order valence-electron chi connectivity index (χ0n) is 12.9. The Morgan fingerprint density at radius 1 is 1.08 bits per heavy atom. The van der Waals surface area contributed by atoms with Crippen LogP contribution in [0.3, 0.4) is 0 Å². The van der Waals surface area contributed by atoms with Crippen LogP contribution in [0.15, 0.2) is 18.2 Å². The maximum Gasteiger partial charge on any atom is 0.237 e. The molecule has 24 heavy (non-hydrogen) atoms. The van der Waals surface area contributed by atoms with Crippen LogP contribution >= 0.6 is 11.6 Å². The van der Waals surface area contributed by atoms with E-state index >= 15 is 0 Å². The minimum atomic E-state index is -1.38. The molecule has 1 heterocycles. The van der Waals surface area contributed by atoms with E-state index in [1.807, 2.05) is 0 Å². The van der Waals surface area contributed by atoms with Gasteiger partial charge in [-0.3, -0.25) is 0 Å². The van der Waals surface area contributed by atoms with E-state index in [2.05, 4.69) is 4.98 Å². The highest BCUT2D eigenvalue weighted by Crippen LogP contribution is 2.38. The van der Waals surface area contributed by atoms with Gasteiger partial charge in [-0.05, 0) is 43.4 Å². The Morgan fingerprint density at radius 2 is 1.79 bits per heavy atom. The lowest BCUT2D eigenvalue weighted by Crippen LogP contribution is -2.11. The fraction of sp³-hybridized carbons (Fsp3) is 0.353. The lowest BCUT2D eigenvalue weighted by atomic mass is 10.1. The molecular formula is C17H15ClF3NO2. The minimum Gasteiger partial charge on any atom is -0.493 e. The van der Waals surface area contributed by atoms with Gasteiger partial charge < -0.3 is 9.47 Å². The second-order valence-electron chi connectivity index (χ2n) is 5.59. The summed E-state index contributed by atoms with van der Waals surface area (Å²) < 4.78 is 52.5. The predicted molar refractivity (Wildman–Crippen MR) is 84.0 cm³/mol. The SMILES string of the molecule is COc1ccc(-c2c(F)nc(F)c(Cl)c2F)cc1OC1CCCC1. The molecule has 0 unspecified atom stereocenters. The Kier molecular flexibility index (Phi) is 4.85. The third-order valence-electron chi connectivity index (χ3n) is 4.04. The van der Waals surface area contributed by atoms with Gasteiger partial charge in [0.25, 0.3) is 0 Å². The predicted octanol–water partition coefficient (Wildman–Crippen LogP) is 5.15. The van der Waals surface area contributed by atoms with Crippen LogP contribution in [0.1, 0.15) is 25.7 Å².